The number of hydrogen-bond donors (Lipinski definition) is 4. The second kappa shape index (κ2) is 13.8. The molecule has 0 aromatic heterocycles. The van der Waals surface area contributed by atoms with Crippen LogP contribution in [-0.2, 0) is 9.53 Å². The van der Waals surface area contributed by atoms with Crippen LogP contribution in [0.4, 0.5) is 10.5 Å². The number of allylic oxidation sites excluding steroid dienone is 1. The predicted octanol–water partition coefficient (Wildman–Crippen LogP) is 2.13. The van der Waals surface area contributed by atoms with Gasteiger partial charge in [-0.1, -0.05) is 6.07 Å². The highest BCUT2D eigenvalue weighted by atomic mass is 16.6. The summed E-state index contributed by atoms with van der Waals surface area (Å²) in [7, 11) is 4.00. The summed E-state index contributed by atoms with van der Waals surface area (Å²) >= 11 is 0. The molecule has 2 atom stereocenters. The van der Waals surface area contributed by atoms with Crippen LogP contribution < -0.4 is 35.0 Å². The summed E-state index contributed by atoms with van der Waals surface area (Å²) in [6, 6.07) is 6.13. The summed E-state index contributed by atoms with van der Waals surface area (Å²) in [6.45, 7) is 3.37. The zero-order valence-corrected chi connectivity index (χ0v) is 23.0. The van der Waals surface area contributed by atoms with E-state index in [9.17, 15) is 24.8 Å². The monoisotopic (exact) mass is 573 g/mol. The lowest BCUT2D eigenvalue weighted by molar-refractivity contribution is -0.385. The van der Waals surface area contributed by atoms with E-state index in [2.05, 4.69) is 21.2 Å². The van der Waals surface area contributed by atoms with Crippen molar-refractivity contribution in [2.24, 2.45) is 5.10 Å². The molecule has 41 heavy (non-hydrogen) atoms. The lowest BCUT2D eigenvalue weighted by atomic mass is 9.95. The maximum absolute atomic E-state index is 12.4. The van der Waals surface area contributed by atoms with Gasteiger partial charge in [-0.2, -0.15) is 5.10 Å². The minimum absolute atomic E-state index is 0.114. The number of aliphatic hydroxyl groups is 1. The van der Waals surface area contributed by atoms with E-state index in [1.807, 2.05) is 0 Å². The number of nitrogens with zero attached hydrogens (tertiary/aromatic N) is 2. The second-order valence-electron chi connectivity index (χ2n) is 8.44. The van der Waals surface area contributed by atoms with Crippen LogP contribution in [0.5, 0.6) is 23.0 Å². The quantitative estimate of drug-likeness (QED) is 0.0902. The van der Waals surface area contributed by atoms with E-state index in [0.717, 1.165) is 6.21 Å². The molecule has 2 amide bonds. The molecule has 0 saturated carbocycles. The molecule has 1 heterocycles. The van der Waals surface area contributed by atoms with Crippen molar-refractivity contribution in [2.75, 3.05) is 34.5 Å². The molecule has 1 aliphatic rings. The third-order valence-corrected chi connectivity index (χ3v) is 5.83. The van der Waals surface area contributed by atoms with Crippen LogP contribution in [0.15, 0.2) is 46.7 Å². The molecule has 2 aromatic carbocycles. The van der Waals surface area contributed by atoms with Crippen molar-refractivity contribution >= 4 is 23.9 Å². The average Bonchev–Trinajstić information content (AvgIpc) is 2.95. The Balaban J connectivity index is 1.74. The van der Waals surface area contributed by atoms with E-state index < -0.39 is 29.2 Å². The standard InChI is InChI=1S/C26H31N5O10/c1-6-40-21-9-15(24-23(25(33)39-5)14(2)28-26(34)29-24)7-8-18(21)41-13-22(32)30-27-12-16-10-19(37-3)20(38-4)11-17(16)31(35)36/h7-12,22,24,30,32H,6,13H2,1-5H3,(H2,28,29,34)/b27-12-/t22-,24+/m1/s1. The normalized spacial score (nSPS) is 15.5. The molecule has 0 fully saturated rings. The van der Waals surface area contributed by atoms with E-state index >= 15 is 0 Å². The number of carbonyl (C=O) groups excluding carboxylic acids is 2. The van der Waals surface area contributed by atoms with Crippen LogP contribution in [-0.4, -0.2) is 69.0 Å². The van der Waals surface area contributed by atoms with E-state index in [4.69, 9.17) is 23.7 Å². The molecule has 0 radical (unpaired) electrons. The summed E-state index contributed by atoms with van der Waals surface area (Å²) < 4.78 is 26.5. The van der Waals surface area contributed by atoms with Gasteiger partial charge < -0.3 is 39.4 Å². The Hall–Kier alpha value is -5.05. The Labute approximate surface area is 235 Å². The lowest BCUT2D eigenvalue weighted by Gasteiger charge is -2.28. The largest absolute Gasteiger partial charge is 0.493 e. The fourth-order valence-corrected chi connectivity index (χ4v) is 3.96. The highest BCUT2D eigenvalue weighted by Gasteiger charge is 2.32. The molecule has 220 valence electrons. The molecule has 3 rings (SSSR count). The van der Waals surface area contributed by atoms with Crippen LogP contribution in [0.2, 0.25) is 0 Å². The van der Waals surface area contributed by atoms with Crippen molar-refractivity contribution in [3.8, 4) is 23.0 Å². The van der Waals surface area contributed by atoms with Gasteiger partial charge in [-0.25, -0.2) is 9.59 Å². The number of esters is 1. The number of hydrogen-bond acceptors (Lipinski definition) is 12. The summed E-state index contributed by atoms with van der Waals surface area (Å²) in [5.41, 5.74) is 3.40. The van der Waals surface area contributed by atoms with Gasteiger partial charge in [0.25, 0.3) is 5.69 Å². The molecule has 0 unspecified atom stereocenters. The van der Waals surface area contributed by atoms with Crippen LogP contribution in [0, 0.1) is 10.1 Å². The number of nitrogens with one attached hydrogen (secondary N) is 3. The number of ether oxygens (including phenoxy) is 5. The maximum atomic E-state index is 12.4. The Morgan fingerprint density at radius 3 is 2.49 bits per heavy atom. The van der Waals surface area contributed by atoms with Gasteiger partial charge >= 0.3 is 12.0 Å². The van der Waals surface area contributed by atoms with Gasteiger partial charge in [-0.3, -0.25) is 15.5 Å². The van der Waals surface area contributed by atoms with Crippen molar-refractivity contribution in [3.05, 3.63) is 62.8 Å². The van der Waals surface area contributed by atoms with E-state index in [1.165, 1.54) is 33.5 Å². The number of nitro groups is 1. The zero-order valence-electron chi connectivity index (χ0n) is 23.0. The van der Waals surface area contributed by atoms with Crippen molar-refractivity contribution in [3.63, 3.8) is 0 Å². The summed E-state index contributed by atoms with van der Waals surface area (Å²) in [6.07, 6.45) is -0.148. The SMILES string of the molecule is CCOc1cc([C@@H]2NC(=O)NC(C)=C2C(=O)OC)ccc1OC[C@@H](O)N/N=C\c1cc(OC)c(OC)cc1[N+](=O)[O-]. The number of benzene rings is 2. The molecule has 15 nitrogen and oxygen atoms in total. The van der Waals surface area contributed by atoms with Gasteiger partial charge in [0.05, 0.1) is 62.3 Å². The molecule has 0 saturated heterocycles. The minimum atomic E-state index is -1.31. The number of nitro benzene ring substituents is 1. The number of aliphatic hydroxyl groups excluding tert-OH is 1. The predicted molar refractivity (Wildman–Crippen MR) is 145 cm³/mol. The van der Waals surface area contributed by atoms with Crippen LogP contribution in [0.3, 0.4) is 0 Å². The van der Waals surface area contributed by atoms with Crippen LogP contribution >= 0.6 is 0 Å². The van der Waals surface area contributed by atoms with Gasteiger partial charge in [0.2, 0.25) is 0 Å². The summed E-state index contributed by atoms with van der Waals surface area (Å²) in [5, 5.41) is 30.9. The molecule has 2 aromatic rings. The number of hydrazone groups is 1. The number of rotatable bonds is 13. The third kappa shape index (κ3) is 7.33. The van der Waals surface area contributed by atoms with Crippen molar-refractivity contribution in [1.82, 2.24) is 16.1 Å². The van der Waals surface area contributed by atoms with Gasteiger partial charge in [0.1, 0.15) is 6.61 Å². The van der Waals surface area contributed by atoms with Gasteiger partial charge in [0.15, 0.2) is 29.2 Å². The smallest absolute Gasteiger partial charge is 0.337 e. The van der Waals surface area contributed by atoms with Gasteiger partial charge in [-0.15, -0.1) is 0 Å². The van der Waals surface area contributed by atoms with E-state index in [0.29, 0.717) is 17.0 Å². The van der Waals surface area contributed by atoms with Crippen molar-refractivity contribution < 1.29 is 43.3 Å². The molecule has 0 aliphatic carbocycles. The molecule has 1 aliphatic heterocycles. The Kier molecular flexibility index (Phi) is 10.3. The minimum Gasteiger partial charge on any atom is -0.493 e. The van der Waals surface area contributed by atoms with Gasteiger partial charge in [0, 0.05) is 5.70 Å². The van der Waals surface area contributed by atoms with Crippen molar-refractivity contribution in [2.45, 2.75) is 26.1 Å². The number of carbonyl (C=O) groups is 2. The first-order valence-electron chi connectivity index (χ1n) is 12.3. The molecule has 4 N–H and O–H groups in total. The van der Waals surface area contributed by atoms with Gasteiger partial charge in [-0.05, 0) is 37.6 Å². The topological polar surface area (TPSA) is 192 Å². The van der Waals surface area contributed by atoms with E-state index in [1.54, 1.807) is 32.0 Å². The molecule has 15 heteroatoms. The highest BCUT2D eigenvalue weighted by molar-refractivity contribution is 5.95. The lowest BCUT2D eigenvalue weighted by Crippen LogP contribution is -2.45. The second-order valence-corrected chi connectivity index (χ2v) is 8.44. The molecular weight excluding hydrogens is 542 g/mol. The third-order valence-electron chi connectivity index (χ3n) is 5.83. The first kappa shape index (κ1) is 30.5. The number of urea groups is 1. The Morgan fingerprint density at radius 2 is 1.85 bits per heavy atom. The Bertz CT molecular complexity index is 1360. The fraction of sp³-hybridized carbons (Fsp3) is 0.346. The number of amides is 2. The highest BCUT2D eigenvalue weighted by Crippen LogP contribution is 2.35. The summed E-state index contributed by atoms with van der Waals surface area (Å²) in [4.78, 5) is 35.4. The summed E-state index contributed by atoms with van der Waals surface area (Å²) in [5.74, 6) is 0.423. The molecular formula is C26H31N5O10. The maximum Gasteiger partial charge on any atom is 0.337 e. The Morgan fingerprint density at radius 1 is 1.15 bits per heavy atom. The molecule has 0 bridgehead atoms. The van der Waals surface area contributed by atoms with Crippen LogP contribution in [0.1, 0.15) is 31.0 Å². The fourth-order valence-electron chi connectivity index (χ4n) is 3.96. The van der Waals surface area contributed by atoms with Crippen molar-refractivity contribution in [1.29, 1.82) is 0 Å². The zero-order chi connectivity index (χ0) is 30.1. The van der Waals surface area contributed by atoms with E-state index in [-0.39, 0.29) is 47.3 Å². The molecule has 0 spiro atoms. The number of methoxy groups -OCH3 is 3. The van der Waals surface area contributed by atoms with Crippen LogP contribution in [0.25, 0.3) is 0 Å². The first-order valence-corrected chi connectivity index (χ1v) is 12.3. The first-order chi connectivity index (χ1) is 19.6. The average molecular weight is 574 g/mol.